The highest BCUT2D eigenvalue weighted by Crippen LogP contribution is 2.26. The third kappa shape index (κ3) is 4.70. The Bertz CT molecular complexity index is 435. The summed E-state index contributed by atoms with van der Waals surface area (Å²) in [5, 5.41) is 21.3. The lowest BCUT2D eigenvalue weighted by atomic mass is 9.97. The summed E-state index contributed by atoms with van der Waals surface area (Å²) in [4.78, 5) is 2.39. The Morgan fingerprint density at radius 3 is 2.91 bits per heavy atom. The van der Waals surface area contributed by atoms with E-state index >= 15 is 0 Å². The van der Waals surface area contributed by atoms with E-state index in [4.69, 9.17) is 0 Å². The molecule has 0 amide bonds. The molecular formula is C17H30N4O. The van der Waals surface area contributed by atoms with E-state index in [9.17, 15) is 10.4 Å². The third-order valence-corrected chi connectivity index (χ3v) is 4.34. The molecule has 0 bridgehead atoms. The second kappa shape index (κ2) is 7.45. The van der Waals surface area contributed by atoms with Gasteiger partial charge in [0.2, 0.25) is 0 Å². The van der Waals surface area contributed by atoms with Crippen LogP contribution >= 0.6 is 0 Å². The smallest absolute Gasteiger partial charge is 0.101 e. The lowest BCUT2D eigenvalue weighted by Crippen LogP contribution is -2.53. The van der Waals surface area contributed by atoms with Crippen molar-refractivity contribution in [3.05, 3.63) is 11.8 Å². The van der Waals surface area contributed by atoms with Crippen LogP contribution in [0, 0.1) is 17.2 Å². The Labute approximate surface area is 134 Å². The van der Waals surface area contributed by atoms with Crippen molar-refractivity contribution < 1.29 is 5.11 Å². The van der Waals surface area contributed by atoms with Crippen LogP contribution in [0.3, 0.4) is 0 Å². The Balaban J connectivity index is 2.05. The summed E-state index contributed by atoms with van der Waals surface area (Å²) < 4.78 is 0. The highest BCUT2D eigenvalue weighted by molar-refractivity contribution is 5.15. The summed E-state index contributed by atoms with van der Waals surface area (Å²) >= 11 is 0. The van der Waals surface area contributed by atoms with Gasteiger partial charge in [-0.1, -0.05) is 13.3 Å². The summed E-state index contributed by atoms with van der Waals surface area (Å²) in [6, 6.07) is 2.42. The molecule has 5 nitrogen and oxygen atoms in total. The van der Waals surface area contributed by atoms with Gasteiger partial charge in [-0.3, -0.25) is 4.90 Å². The second-order valence-corrected chi connectivity index (χ2v) is 7.24. The molecule has 0 aromatic rings. The molecule has 2 heterocycles. The number of nitriles is 1. The van der Waals surface area contributed by atoms with Gasteiger partial charge in [-0.05, 0) is 45.1 Å². The molecule has 2 N–H and O–H groups in total. The number of unbranched alkanes of at least 4 members (excludes halogenated alkanes) is 1. The fourth-order valence-corrected chi connectivity index (χ4v) is 3.30. The molecule has 5 heteroatoms. The predicted molar refractivity (Wildman–Crippen MR) is 87.4 cm³/mol. The fourth-order valence-electron chi connectivity index (χ4n) is 3.30. The highest BCUT2D eigenvalue weighted by atomic mass is 16.3. The van der Waals surface area contributed by atoms with Crippen molar-refractivity contribution in [1.29, 1.82) is 5.26 Å². The molecule has 0 radical (unpaired) electrons. The first kappa shape index (κ1) is 17.3. The first-order valence-corrected chi connectivity index (χ1v) is 8.52. The Morgan fingerprint density at radius 2 is 2.27 bits per heavy atom. The molecule has 0 aromatic heterocycles. The molecule has 2 aliphatic heterocycles. The number of nitrogens with one attached hydrogen (secondary N) is 1. The van der Waals surface area contributed by atoms with E-state index in [0.717, 1.165) is 32.4 Å². The normalized spacial score (nSPS) is 26.9. The SMILES string of the molecule is CCCCC1=CN(CC(C)(C)O)NC1N1CCCC(C#N)C1. The molecule has 2 aliphatic rings. The summed E-state index contributed by atoms with van der Waals surface area (Å²) in [5.41, 5.74) is 4.17. The largest absolute Gasteiger partial charge is 0.389 e. The van der Waals surface area contributed by atoms with Crippen LogP contribution in [0.2, 0.25) is 0 Å². The van der Waals surface area contributed by atoms with E-state index in [-0.39, 0.29) is 12.1 Å². The van der Waals surface area contributed by atoms with Gasteiger partial charge in [0, 0.05) is 19.3 Å². The quantitative estimate of drug-likeness (QED) is 0.788. The van der Waals surface area contributed by atoms with Crippen molar-refractivity contribution in [2.45, 2.75) is 64.6 Å². The number of hydrogen-bond donors (Lipinski definition) is 2. The first-order valence-electron chi connectivity index (χ1n) is 8.52. The average Bonchev–Trinajstić information content (AvgIpc) is 2.85. The third-order valence-electron chi connectivity index (χ3n) is 4.34. The van der Waals surface area contributed by atoms with Gasteiger partial charge in [0.05, 0.1) is 24.1 Å². The molecule has 0 saturated carbocycles. The zero-order valence-electron chi connectivity index (χ0n) is 14.2. The number of aliphatic hydroxyl groups is 1. The minimum atomic E-state index is -0.731. The van der Waals surface area contributed by atoms with Crippen molar-refractivity contribution in [2.75, 3.05) is 19.6 Å². The van der Waals surface area contributed by atoms with Crippen LogP contribution in [0.1, 0.15) is 52.9 Å². The maximum Gasteiger partial charge on any atom is 0.101 e. The number of hydrogen-bond acceptors (Lipinski definition) is 5. The van der Waals surface area contributed by atoms with Gasteiger partial charge in [-0.15, -0.1) is 0 Å². The van der Waals surface area contributed by atoms with Crippen LogP contribution in [-0.4, -0.2) is 46.4 Å². The van der Waals surface area contributed by atoms with Gasteiger partial charge in [0.25, 0.3) is 0 Å². The van der Waals surface area contributed by atoms with Crippen molar-refractivity contribution in [1.82, 2.24) is 15.3 Å². The maximum absolute atomic E-state index is 10.0. The maximum atomic E-state index is 10.0. The van der Waals surface area contributed by atoms with E-state index < -0.39 is 5.60 Å². The van der Waals surface area contributed by atoms with Crippen LogP contribution in [0.15, 0.2) is 11.8 Å². The van der Waals surface area contributed by atoms with E-state index in [1.165, 1.54) is 18.4 Å². The Kier molecular flexibility index (Phi) is 5.85. The Morgan fingerprint density at radius 1 is 1.50 bits per heavy atom. The van der Waals surface area contributed by atoms with Crippen molar-refractivity contribution in [3.8, 4) is 6.07 Å². The van der Waals surface area contributed by atoms with E-state index in [2.05, 4.69) is 29.5 Å². The van der Waals surface area contributed by atoms with E-state index in [1.54, 1.807) is 0 Å². The molecule has 2 rings (SSSR count). The van der Waals surface area contributed by atoms with Crippen LogP contribution in [0.25, 0.3) is 0 Å². The number of likely N-dealkylation sites (tertiary alicyclic amines) is 1. The lowest BCUT2D eigenvalue weighted by Gasteiger charge is -2.37. The van der Waals surface area contributed by atoms with Gasteiger partial charge < -0.3 is 10.1 Å². The number of nitrogens with zero attached hydrogens (tertiary/aromatic N) is 3. The van der Waals surface area contributed by atoms with Crippen molar-refractivity contribution in [2.24, 2.45) is 5.92 Å². The van der Waals surface area contributed by atoms with Gasteiger partial charge in [0.1, 0.15) is 6.17 Å². The molecule has 22 heavy (non-hydrogen) atoms. The average molecular weight is 306 g/mol. The van der Waals surface area contributed by atoms with Gasteiger partial charge in [0.15, 0.2) is 0 Å². The molecule has 2 unspecified atom stereocenters. The highest BCUT2D eigenvalue weighted by Gasteiger charge is 2.33. The summed E-state index contributed by atoms with van der Waals surface area (Å²) in [6.45, 7) is 8.31. The molecular weight excluding hydrogens is 276 g/mol. The first-order chi connectivity index (χ1) is 10.4. The number of rotatable bonds is 6. The predicted octanol–water partition coefficient (Wildman–Crippen LogP) is 2.21. The zero-order valence-corrected chi connectivity index (χ0v) is 14.2. The second-order valence-electron chi connectivity index (χ2n) is 7.24. The van der Waals surface area contributed by atoms with Gasteiger partial charge in [-0.25, -0.2) is 5.43 Å². The summed E-state index contributed by atoms with van der Waals surface area (Å²) in [6.07, 6.45) is 7.87. The van der Waals surface area contributed by atoms with Crippen LogP contribution < -0.4 is 5.43 Å². The zero-order chi connectivity index (χ0) is 16.2. The van der Waals surface area contributed by atoms with Gasteiger partial charge in [-0.2, -0.15) is 5.26 Å². The van der Waals surface area contributed by atoms with Crippen molar-refractivity contribution >= 4 is 0 Å². The van der Waals surface area contributed by atoms with Crippen molar-refractivity contribution in [3.63, 3.8) is 0 Å². The van der Waals surface area contributed by atoms with Gasteiger partial charge >= 0.3 is 0 Å². The fraction of sp³-hybridized carbons (Fsp3) is 0.824. The Hall–Kier alpha value is -1.09. The van der Waals surface area contributed by atoms with Crippen LogP contribution in [-0.2, 0) is 0 Å². The number of β-amino-alcohol motifs (C(OH)–C–C–N with tert-alkyl or cyclic N) is 1. The molecule has 0 aliphatic carbocycles. The monoisotopic (exact) mass is 306 g/mol. The molecule has 0 aromatic carbocycles. The summed E-state index contributed by atoms with van der Waals surface area (Å²) in [7, 11) is 0. The lowest BCUT2D eigenvalue weighted by molar-refractivity contribution is 0.0238. The minimum absolute atomic E-state index is 0.145. The molecule has 1 saturated heterocycles. The van der Waals surface area contributed by atoms with Crippen LogP contribution in [0.5, 0.6) is 0 Å². The van der Waals surface area contributed by atoms with Crippen LogP contribution in [0.4, 0.5) is 0 Å². The summed E-state index contributed by atoms with van der Waals surface area (Å²) in [5.74, 6) is 0.145. The minimum Gasteiger partial charge on any atom is -0.389 e. The molecule has 1 fully saturated rings. The molecule has 124 valence electrons. The number of hydrazine groups is 1. The molecule has 2 atom stereocenters. The van der Waals surface area contributed by atoms with E-state index in [0.29, 0.717) is 6.54 Å². The standard InChI is InChI=1S/C17H30N4O/c1-4-5-8-15-12-21(13-17(2,3)22)19-16(15)20-9-6-7-14(10-18)11-20/h12,14,16,19,22H,4-9,11,13H2,1-3H3. The molecule has 0 spiro atoms. The van der Waals surface area contributed by atoms with E-state index in [1.807, 2.05) is 18.9 Å². The number of piperidine rings is 1. The topological polar surface area (TPSA) is 62.5 Å².